The Labute approximate surface area is 436 Å². The van der Waals surface area contributed by atoms with Crippen LogP contribution in [-0.2, 0) is 24.4 Å². The van der Waals surface area contributed by atoms with Gasteiger partial charge in [-0.1, -0.05) is 226 Å². The minimum atomic E-state index is -3.92. The molecule has 70 heavy (non-hydrogen) atoms. The van der Waals surface area contributed by atoms with Crippen molar-refractivity contribution in [3.8, 4) is 0 Å². The predicted octanol–water partition coefficient (Wildman–Crippen LogP) is 15.5. The lowest BCUT2D eigenvalue weighted by atomic mass is 9.93. The molecular weight excluding hydrogens is 913 g/mol. The first-order valence-electron chi connectivity index (χ1n) is 30.1. The van der Waals surface area contributed by atoms with Crippen LogP contribution < -0.4 is 0 Å². The summed E-state index contributed by atoms with van der Waals surface area (Å²) in [5.41, 5.74) is 0. The van der Waals surface area contributed by atoms with E-state index in [1.165, 1.54) is 308 Å². The van der Waals surface area contributed by atoms with E-state index in [-0.39, 0.29) is 0 Å². The largest absolute Gasteiger partial charge is 0.748 e. The topological polar surface area (TPSA) is 122 Å². The fourth-order valence-corrected chi connectivity index (χ4v) is 11.1. The van der Waals surface area contributed by atoms with Gasteiger partial charge in [-0.15, -0.1) is 0 Å². The quantitative estimate of drug-likeness (QED) is 0.0266. The minimum absolute atomic E-state index is 0.604. The van der Waals surface area contributed by atoms with Crippen LogP contribution in [-0.4, -0.2) is 113 Å². The molecular formula is C58H116N4O6S2. The van der Waals surface area contributed by atoms with Gasteiger partial charge in [0.05, 0.1) is 56.1 Å². The highest BCUT2D eigenvalue weighted by molar-refractivity contribution is 7.86. The molecule has 0 amide bonds. The zero-order chi connectivity index (χ0) is 51.4. The molecule has 2 fully saturated rings. The molecule has 0 radical (unpaired) electrons. The van der Waals surface area contributed by atoms with E-state index in [1.54, 1.807) is 5.84 Å². The molecule has 0 spiro atoms. The minimum Gasteiger partial charge on any atom is -0.748 e. The van der Waals surface area contributed by atoms with Gasteiger partial charge in [0.2, 0.25) is 5.84 Å². The van der Waals surface area contributed by atoms with Gasteiger partial charge in [0, 0.05) is 38.2 Å². The molecule has 10 nitrogen and oxygen atoms in total. The molecule has 0 aromatic heterocycles. The molecule has 4 aliphatic heterocycles. The Hall–Kier alpha value is -1.24. The third-order valence-electron chi connectivity index (χ3n) is 15.1. The van der Waals surface area contributed by atoms with Crippen molar-refractivity contribution in [2.75, 3.05) is 65.9 Å². The summed E-state index contributed by atoms with van der Waals surface area (Å²) in [5, 5.41) is 0. The van der Waals surface area contributed by atoms with Crippen LogP contribution in [0.5, 0.6) is 0 Å². The van der Waals surface area contributed by atoms with E-state index in [1.807, 2.05) is 0 Å². The van der Waals surface area contributed by atoms with Crippen LogP contribution in [0.25, 0.3) is 0 Å². The zero-order valence-electron chi connectivity index (χ0n) is 47.2. The Morgan fingerprint density at radius 2 is 0.814 bits per heavy atom. The monoisotopic (exact) mass is 1030 g/mol. The number of fused-ring (bicyclic) bond motifs is 2. The maximum atomic E-state index is 9.78. The second-order valence-corrected chi connectivity index (χ2v) is 25.0. The molecule has 2 atom stereocenters. The number of hydrogen-bond acceptors (Lipinski definition) is 9. The van der Waals surface area contributed by atoms with E-state index in [0.29, 0.717) is 6.26 Å². The number of hydrogen-bond donors (Lipinski definition) is 0. The standard InChI is InChI=1S/C28H55N2.C27H52N2.C2H6O3S.CH4O3S/c1-3-4-5-6-7-8-9-10-11-12-13-14-15-16-17-18-22-27-23-19-20-25-30-26-21-24-29(2)28(27)30;1-2-3-4-5-6-7-8-9-10-11-12-13-14-15-16-17-21-26-22-18-19-24-29-25-20-23-28-27(26)29;1-5-6(2,3)4;1-5(2,3)4/h27H,3-26H2,1-2H3;26H,2-25H2,1H3;1-2H3;1H3,(H,2,3,4)/q+1;;;/p-1. The molecule has 4 aliphatic rings. The number of rotatable bonds is 35. The Morgan fingerprint density at radius 1 is 0.500 bits per heavy atom. The summed E-state index contributed by atoms with van der Waals surface area (Å²) >= 11 is 0. The van der Waals surface area contributed by atoms with Gasteiger partial charge in [-0.3, -0.25) is 18.7 Å². The average Bonchev–Trinajstić information content (AvgIpc) is 3.67. The average molecular weight is 1030 g/mol. The van der Waals surface area contributed by atoms with Crippen molar-refractivity contribution in [3.05, 3.63) is 0 Å². The van der Waals surface area contributed by atoms with Gasteiger partial charge >= 0.3 is 0 Å². The van der Waals surface area contributed by atoms with Crippen LogP contribution in [0.2, 0.25) is 0 Å². The Kier molecular flexibility index (Phi) is 43.1. The summed E-state index contributed by atoms with van der Waals surface area (Å²) in [5.74, 6) is 4.84. The first-order chi connectivity index (χ1) is 33.8. The van der Waals surface area contributed by atoms with Crippen molar-refractivity contribution in [1.82, 2.24) is 9.80 Å². The van der Waals surface area contributed by atoms with E-state index < -0.39 is 20.2 Å². The third-order valence-corrected chi connectivity index (χ3v) is 15.7. The molecule has 0 saturated carbocycles. The predicted molar refractivity (Wildman–Crippen MR) is 301 cm³/mol. The van der Waals surface area contributed by atoms with Crippen LogP contribution >= 0.6 is 0 Å². The molecule has 4 heterocycles. The number of aliphatic imine (C=N–C) groups is 1. The lowest BCUT2D eigenvalue weighted by molar-refractivity contribution is -0.511. The summed E-state index contributed by atoms with van der Waals surface area (Å²) < 4.78 is 53.3. The maximum Gasteiger partial charge on any atom is 0.264 e. The van der Waals surface area contributed by atoms with Crippen molar-refractivity contribution < 1.29 is 30.1 Å². The third kappa shape index (κ3) is 40.2. The molecule has 0 bridgehead atoms. The smallest absolute Gasteiger partial charge is 0.264 e. The Balaban J connectivity index is 0.000000576. The van der Waals surface area contributed by atoms with Gasteiger partial charge in [-0.2, -0.15) is 8.42 Å². The molecule has 12 heteroatoms. The van der Waals surface area contributed by atoms with Crippen molar-refractivity contribution in [2.45, 2.75) is 284 Å². The molecule has 2 unspecified atom stereocenters. The molecule has 0 aromatic rings. The van der Waals surface area contributed by atoms with E-state index in [2.05, 4.69) is 39.5 Å². The second kappa shape index (κ2) is 45.2. The van der Waals surface area contributed by atoms with Gasteiger partial charge < -0.3 is 9.45 Å². The molecule has 2 saturated heterocycles. The lowest BCUT2D eigenvalue weighted by Gasteiger charge is -2.31. The van der Waals surface area contributed by atoms with E-state index in [9.17, 15) is 8.42 Å². The van der Waals surface area contributed by atoms with Crippen LogP contribution in [0.15, 0.2) is 4.99 Å². The van der Waals surface area contributed by atoms with Crippen LogP contribution in [0.1, 0.15) is 284 Å². The van der Waals surface area contributed by atoms with Gasteiger partial charge in [-0.05, 0) is 51.4 Å². The van der Waals surface area contributed by atoms with Gasteiger partial charge in [-0.25, -0.2) is 8.42 Å². The molecule has 4 rings (SSSR count). The van der Waals surface area contributed by atoms with E-state index in [0.717, 1.165) is 31.7 Å². The maximum absolute atomic E-state index is 9.78. The summed E-state index contributed by atoms with van der Waals surface area (Å²) in [6.45, 7) is 12.1. The molecule has 0 N–H and O–H groups in total. The normalized spacial score (nSPS) is 18.5. The van der Waals surface area contributed by atoms with Crippen LogP contribution in [0.4, 0.5) is 0 Å². The van der Waals surface area contributed by atoms with E-state index >= 15 is 0 Å². The summed E-state index contributed by atoms with van der Waals surface area (Å²) in [7, 11) is -3.62. The van der Waals surface area contributed by atoms with E-state index in [4.69, 9.17) is 18.0 Å². The van der Waals surface area contributed by atoms with Gasteiger partial charge in [0.25, 0.3) is 10.1 Å². The lowest BCUT2D eigenvalue weighted by Crippen LogP contribution is -2.46. The second-order valence-electron chi connectivity index (χ2n) is 21.8. The first kappa shape index (κ1) is 66.8. The highest BCUT2D eigenvalue weighted by atomic mass is 32.2. The fourth-order valence-electron chi connectivity index (χ4n) is 11.1. The van der Waals surface area contributed by atoms with Gasteiger partial charge in [0.15, 0.2) is 0 Å². The summed E-state index contributed by atoms with van der Waals surface area (Å²) in [4.78, 5) is 10.3. The fraction of sp³-hybridized carbons (Fsp3) is 0.966. The number of amidine groups is 2. The summed E-state index contributed by atoms with van der Waals surface area (Å²) in [6.07, 6.45) is 62.4. The van der Waals surface area contributed by atoms with Crippen LogP contribution in [0.3, 0.4) is 0 Å². The highest BCUT2D eigenvalue weighted by Gasteiger charge is 2.34. The number of nitrogens with zero attached hydrogens (tertiary/aromatic N) is 4. The van der Waals surface area contributed by atoms with Gasteiger partial charge in [0.1, 0.15) is 5.84 Å². The Bertz CT molecular complexity index is 1480. The van der Waals surface area contributed by atoms with Crippen molar-refractivity contribution in [1.29, 1.82) is 0 Å². The SMILES string of the molecule is CCCCCCCCCCCCCCCCCCC1CCCCN2CCCN=C12.CCCCCCCCCCCCCCCCCCC1CCCCN2CCC[N+](C)=C12.COS(C)(=O)=O.CS(=O)(=O)[O-]. The summed E-state index contributed by atoms with van der Waals surface area (Å²) in [6, 6.07) is 0. The first-order valence-corrected chi connectivity index (χ1v) is 33.7. The number of unbranched alkanes of at least 4 members (excludes halogenated alkanes) is 30. The van der Waals surface area contributed by atoms with Crippen LogP contribution in [0, 0.1) is 11.8 Å². The zero-order valence-corrected chi connectivity index (χ0v) is 48.8. The molecule has 0 aromatic carbocycles. The highest BCUT2D eigenvalue weighted by Crippen LogP contribution is 2.28. The Morgan fingerprint density at radius 3 is 1.20 bits per heavy atom. The molecule has 0 aliphatic carbocycles. The van der Waals surface area contributed by atoms with Crippen molar-refractivity contribution in [3.63, 3.8) is 0 Å². The molecule has 416 valence electrons. The van der Waals surface area contributed by atoms with Crippen molar-refractivity contribution >= 4 is 31.9 Å². The van der Waals surface area contributed by atoms with Crippen molar-refractivity contribution in [2.24, 2.45) is 16.8 Å².